The summed E-state index contributed by atoms with van der Waals surface area (Å²) in [5, 5.41) is 5.83. The topological polar surface area (TPSA) is 92.3 Å². The number of amides is 2. The van der Waals surface area contributed by atoms with Gasteiger partial charge in [0.15, 0.2) is 11.5 Å². The van der Waals surface area contributed by atoms with Crippen LogP contribution in [0.4, 0.5) is 17.1 Å². The van der Waals surface area contributed by atoms with Crippen molar-refractivity contribution in [2.24, 2.45) is 4.99 Å². The monoisotopic (exact) mass is 532 g/mol. The zero-order valence-corrected chi connectivity index (χ0v) is 22.2. The Labute approximate surface area is 226 Å². The molecule has 0 aliphatic carbocycles. The summed E-state index contributed by atoms with van der Waals surface area (Å²) < 4.78 is 11.7. The minimum atomic E-state index is -0.342. The quantitative estimate of drug-likeness (QED) is 0.405. The maximum atomic E-state index is 13.6. The van der Waals surface area contributed by atoms with Gasteiger partial charge in [0.05, 0.1) is 30.4 Å². The van der Waals surface area contributed by atoms with Crippen LogP contribution in [0.25, 0.3) is 0 Å². The fraction of sp³-hybridized carbons (Fsp3) is 0.276. The van der Waals surface area contributed by atoms with E-state index in [1.54, 1.807) is 31.0 Å². The van der Waals surface area contributed by atoms with Gasteiger partial charge in [-0.25, -0.2) is 0 Å². The summed E-state index contributed by atoms with van der Waals surface area (Å²) in [5.41, 5.74) is 5.34. The molecule has 0 aromatic heterocycles. The second kappa shape index (κ2) is 10.8. The molecule has 2 atom stereocenters. The molecular weight excluding hydrogens is 504 g/mol. The summed E-state index contributed by atoms with van der Waals surface area (Å²) in [6.07, 6.45) is 2.55. The highest BCUT2D eigenvalue weighted by Crippen LogP contribution is 2.41. The van der Waals surface area contributed by atoms with Crippen molar-refractivity contribution in [2.75, 3.05) is 24.4 Å². The number of ether oxygens (including phenoxy) is 2. The van der Waals surface area contributed by atoms with Gasteiger partial charge in [-0.1, -0.05) is 24.3 Å². The SMILES string of the molecule is CNC(C)C(=O)Nc1cc(CCl)cc(COc2cc3c(cc2OC)C(=O)N2c4ccccc4CC2C=N3)c1. The van der Waals surface area contributed by atoms with Gasteiger partial charge in [-0.3, -0.25) is 19.5 Å². The molecule has 0 saturated carbocycles. The van der Waals surface area contributed by atoms with Crippen LogP contribution < -0.4 is 25.0 Å². The van der Waals surface area contributed by atoms with Gasteiger partial charge in [0, 0.05) is 36.0 Å². The van der Waals surface area contributed by atoms with Gasteiger partial charge in [-0.05, 0) is 54.9 Å². The smallest absolute Gasteiger partial charge is 0.261 e. The van der Waals surface area contributed by atoms with E-state index in [9.17, 15) is 9.59 Å². The predicted octanol–water partition coefficient (Wildman–Crippen LogP) is 4.85. The third-order valence-corrected chi connectivity index (χ3v) is 7.13. The Balaban J connectivity index is 1.40. The number of carbonyl (C=O) groups is 2. The number of nitrogens with zero attached hydrogens (tertiary/aromatic N) is 2. The molecule has 3 aromatic carbocycles. The van der Waals surface area contributed by atoms with Gasteiger partial charge in [0.1, 0.15) is 6.61 Å². The largest absolute Gasteiger partial charge is 0.493 e. The van der Waals surface area contributed by atoms with Crippen molar-refractivity contribution in [3.8, 4) is 11.5 Å². The Hall–Kier alpha value is -3.88. The first-order chi connectivity index (χ1) is 18.4. The first kappa shape index (κ1) is 25.8. The molecule has 0 radical (unpaired) electrons. The Morgan fingerprint density at radius 2 is 1.95 bits per heavy atom. The van der Waals surface area contributed by atoms with Crippen molar-refractivity contribution in [3.05, 3.63) is 76.9 Å². The minimum absolute atomic E-state index is 0.122. The second-order valence-corrected chi connectivity index (χ2v) is 9.60. The summed E-state index contributed by atoms with van der Waals surface area (Å²) in [4.78, 5) is 32.4. The summed E-state index contributed by atoms with van der Waals surface area (Å²) in [6, 6.07) is 16.5. The number of para-hydroxylation sites is 1. The van der Waals surface area contributed by atoms with E-state index in [1.807, 2.05) is 48.7 Å². The van der Waals surface area contributed by atoms with E-state index in [2.05, 4.69) is 15.6 Å². The highest BCUT2D eigenvalue weighted by atomic mass is 35.5. The molecule has 2 aliphatic rings. The van der Waals surface area contributed by atoms with Gasteiger partial charge in [-0.2, -0.15) is 0 Å². The Morgan fingerprint density at radius 3 is 2.71 bits per heavy atom. The lowest BCUT2D eigenvalue weighted by molar-refractivity contribution is -0.117. The number of halogens is 1. The molecule has 0 spiro atoms. The van der Waals surface area contributed by atoms with E-state index in [0.717, 1.165) is 28.8 Å². The van der Waals surface area contributed by atoms with Gasteiger partial charge < -0.3 is 20.1 Å². The number of likely N-dealkylation sites (N-methyl/N-ethyl adjacent to an activating group) is 1. The zero-order valence-electron chi connectivity index (χ0n) is 21.5. The number of hydrogen-bond acceptors (Lipinski definition) is 6. The molecule has 38 heavy (non-hydrogen) atoms. The van der Waals surface area contributed by atoms with Gasteiger partial charge in [0.2, 0.25) is 5.91 Å². The lowest BCUT2D eigenvalue weighted by Gasteiger charge is -2.22. The maximum absolute atomic E-state index is 13.6. The number of hydrogen-bond donors (Lipinski definition) is 2. The van der Waals surface area contributed by atoms with Crippen LogP contribution >= 0.6 is 11.6 Å². The Morgan fingerprint density at radius 1 is 1.16 bits per heavy atom. The van der Waals surface area contributed by atoms with Crippen LogP contribution in [-0.2, 0) is 23.7 Å². The molecule has 2 N–H and O–H groups in total. The van der Waals surface area contributed by atoms with Crippen LogP contribution in [0.15, 0.2) is 59.6 Å². The normalized spacial score (nSPS) is 16.3. The Bertz CT molecular complexity index is 1420. The molecule has 8 nitrogen and oxygen atoms in total. The number of anilines is 2. The van der Waals surface area contributed by atoms with E-state index >= 15 is 0 Å². The molecule has 2 unspecified atom stereocenters. The lowest BCUT2D eigenvalue weighted by Crippen LogP contribution is -2.37. The molecule has 9 heteroatoms. The number of methoxy groups -OCH3 is 1. The van der Waals surface area contributed by atoms with E-state index < -0.39 is 0 Å². The van der Waals surface area contributed by atoms with Crippen molar-refractivity contribution in [1.82, 2.24) is 5.32 Å². The second-order valence-electron chi connectivity index (χ2n) is 9.33. The van der Waals surface area contributed by atoms with E-state index in [1.165, 1.54) is 7.11 Å². The average Bonchev–Trinajstić information content (AvgIpc) is 3.25. The van der Waals surface area contributed by atoms with Crippen molar-refractivity contribution in [2.45, 2.75) is 37.9 Å². The number of alkyl halides is 1. The minimum Gasteiger partial charge on any atom is -0.493 e. The standard InChI is InChI=1S/C29H29ClN4O4/c1-17(31-2)28(35)33-21-9-18(14-30)8-19(10-21)16-38-27-13-24-23(12-26(27)37-3)29(36)34-22(15-32-24)11-20-6-4-5-7-25(20)34/h4-10,12-13,15,17,22,31H,11,14,16H2,1-3H3,(H,33,35). The number of fused-ring (bicyclic) bond motifs is 4. The molecule has 2 heterocycles. The fourth-order valence-corrected chi connectivity index (χ4v) is 4.88. The van der Waals surface area contributed by atoms with Gasteiger partial charge in [0.25, 0.3) is 5.91 Å². The van der Waals surface area contributed by atoms with Gasteiger partial charge in [-0.15, -0.1) is 11.6 Å². The highest BCUT2D eigenvalue weighted by molar-refractivity contribution is 6.17. The van der Waals surface area contributed by atoms with Crippen LogP contribution in [0.5, 0.6) is 11.5 Å². The Kier molecular flexibility index (Phi) is 7.35. The van der Waals surface area contributed by atoms with Crippen molar-refractivity contribution >= 4 is 46.7 Å². The third kappa shape index (κ3) is 4.97. The predicted molar refractivity (Wildman–Crippen MR) is 149 cm³/mol. The van der Waals surface area contributed by atoms with Gasteiger partial charge >= 0.3 is 0 Å². The molecular formula is C29H29ClN4O4. The maximum Gasteiger partial charge on any atom is 0.261 e. The number of aliphatic imine (C=N–C) groups is 1. The summed E-state index contributed by atoms with van der Waals surface area (Å²) in [5.74, 6) is 0.915. The fourth-order valence-electron chi connectivity index (χ4n) is 4.73. The van der Waals surface area contributed by atoms with E-state index in [0.29, 0.717) is 28.4 Å². The highest BCUT2D eigenvalue weighted by Gasteiger charge is 2.36. The molecule has 0 fully saturated rings. The zero-order chi connectivity index (χ0) is 26.8. The molecule has 0 saturated heterocycles. The van der Waals surface area contributed by atoms with Crippen molar-refractivity contribution in [1.29, 1.82) is 0 Å². The van der Waals surface area contributed by atoms with Crippen LogP contribution in [0.2, 0.25) is 0 Å². The third-order valence-electron chi connectivity index (χ3n) is 6.82. The van der Waals surface area contributed by atoms with E-state index in [-0.39, 0.29) is 36.4 Å². The van der Waals surface area contributed by atoms with Crippen LogP contribution in [0.3, 0.4) is 0 Å². The molecule has 3 aromatic rings. The van der Waals surface area contributed by atoms with Crippen LogP contribution in [-0.4, -0.2) is 44.3 Å². The number of nitrogens with one attached hydrogen (secondary N) is 2. The summed E-state index contributed by atoms with van der Waals surface area (Å²) >= 11 is 6.10. The van der Waals surface area contributed by atoms with Crippen molar-refractivity contribution in [3.63, 3.8) is 0 Å². The average molecular weight is 533 g/mol. The first-order valence-corrected chi connectivity index (χ1v) is 12.9. The number of carbonyl (C=O) groups excluding carboxylic acids is 2. The summed E-state index contributed by atoms with van der Waals surface area (Å²) in [6.45, 7) is 1.98. The first-order valence-electron chi connectivity index (χ1n) is 12.4. The van der Waals surface area contributed by atoms with Crippen LogP contribution in [0.1, 0.15) is 34.0 Å². The molecule has 196 valence electrons. The summed E-state index contributed by atoms with van der Waals surface area (Å²) in [7, 11) is 3.27. The molecule has 0 bridgehead atoms. The van der Waals surface area contributed by atoms with Crippen LogP contribution in [0, 0.1) is 0 Å². The van der Waals surface area contributed by atoms with E-state index in [4.69, 9.17) is 21.1 Å². The lowest BCUT2D eigenvalue weighted by atomic mass is 10.1. The van der Waals surface area contributed by atoms with Crippen molar-refractivity contribution < 1.29 is 19.1 Å². The number of benzene rings is 3. The molecule has 5 rings (SSSR count). The molecule has 2 amide bonds. The molecule has 2 aliphatic heterocycles. The number of rotatable bonds is 8.